The first-order valence-electron chi connectivity index (χ1n) is 9.42. The molecule has 4 atom stereocenters. The number of carbonyl (C=O) groups is 2. The Hall–Kier alpha value is -2.99. The van der Waals surface area contributed by atoms with E-state index in [0.29, 0.717) is 6.54 Å². The molecule has 4 rings (SSSR count). The second kappa shape index (κ2) is 7.56. The van der Waals surface area contributed by atoms with Crippen LogP contribution >= 0.6 is 0 Å². The van der Waals surface area contributed by atoms with Crippen molar-refractivity contribution in [3.8, 4) is 0 Å². The minimum Gasteiger partial charge on any atom is -0.365 e. The molecule has 2 N–H and O–H groups in total. The molecule has 6 nitrogen and oxygen atoms in total. The summed E-state index contributed by atoms with van der Waals surface area (Å²) in [6, 6.07) is 9.59. The predicted molar refractivity (Wildman–Crippen MR) is 105 cm³/mol. The summed E-state index contributed by atoms with van der Waals surface area (Å²) in [5.41, 5.74) is 3.69. The Bertz CT molecular complexity index is 906. The Morgan fingerprint density at radius 2 is 1.68 bits per heavy atom. The summed E-state index contributed by atoms with van der Waals surface area (Å²) < 4.78 is 5.84. The van der Waals surface area contributed by atoms with Gasteiger partial charge in [0.2, 0.25) is 11.8 Å². The van der Waals surface area contributed by atoms with Crippen molar-refractivity contribution in [1.29, 1.82) is 0 Å². The Balaban J connectivity index is 1.49. The van der Waals surface area contributed by atoms with Crippen molar-refractivity contribution in [2.75, 3.05) is 5.32 Å². The highest BCUT2D eigenvalue weighted by Gasteiger charge is 2.52. The third-order valence-corrected chi connectivity index (χ3v) is 5.42. The lowest BCUT2D eigenvalue weighted by atomic mass is 9.81. The fourth-order valence-electron chi connectivity index (χ4n) is 3.96. The number of nitrogens with zero attached hydrogens (tertiary/aromatic N) is 1. The first-order valence-corrected chi connectivity index (χ1v) is 9.42. The number of hydrogen-bond donors (Lipinski definition) is 2. The number of aromatic nitrogens is 1. The molecule has 2 amide bonds. The molecule has 1 aromatic heterocycles. The molecule has 2 bridgehead atoms. The van der Waals surface area contributed by atoms with Gasteiger partial charge in [-0.2, -0.15) is 0 Å². The number of rotatable bonds is 5. The van der Waals surface area contributed by atoms with E-state index in [-0.39, 0.29) is 24.0 Å². The second-order valence-corrected chi connectivity index (χ2v) is 7.34. The molecule has 4 unspecified atom stereocenters. The summed E-state index contributed by atoms with van der Waals surface area (Å²) in [5.74, 6) is -1.46. The minimum absolute atomic E-state index is 0.178. The topological polar surface area (TPSA) is 80.3 Å². The molecule has 0 saturated carbocycles. The molecule has 2 aliphatic heterocycles. The number of fused-ring (bicyclic) bond motifs is 2. The second-order valence-electron chi connectivity index (χ2n) is 7.34. The van der Waals surface area contributed by atoms with E-state index in [4.69, 9.17) is 4.74 Å². The van der Waals surface area contributed by atoms with Gasteiger partial charge in [0, 0.05) is 24.6 Å². The zero-order chi connectivity index (χ0) is 19.7. The third-order valence-electron chi connectivity index (χ3n) is 5.42. The maximum Gasteiger partial charge on any atom is 0.231 e. The van der Waals surface area contributed by atoms with Crippen LogP contribution in [0.1, 0.15) is 16.7 Å². The Morgan fingerprint density at radius 1 is 1.00 bits per heavy atom. The van der Waals surface area contributed by atoms with Crippen LogP contribution in [0.5, 0.6) is 0 Å². The molecule has 0 radical (unpaired) electrons. The lowest BCUT2D eigenvalue weighted by Crippen LogP contribution is -2.44. The lowest BCUT2D eigenvalue weighted by molar-refractivity contribution is -0.131. The largest absolute Gasteiger partial charge is 0.365 e. The number of anilines is 1. The van der Waals surface area contributed by atoms with Crippen molar-refractivity contribution in [1.82, 2.24) is 10.3 Å². The zero-order valence-electron chi connectivity index (χ0n) is 15.9. The average Bonchev–Trinajstić information content (AvgIpc) is 3.31. The number of aryl methyl sites for hydroxylation is 2. The van der Waals surface area contributed by atoms with Gasteiger partial charge < -0.3 is 15.4 Å². The fraction of sp³-hybridized carbons (Fsp3) is 0.318. The first-order chi connectivity index (χ1) is 13.5. The van der Waals surface area contributed by atoms with E-state index in [0.717, 1.165) is 22.4 Å². The fourth-order valence-corrected chi connectivity index (χ4v) is 3.96. The molecule has 0 spiro atoms. The van der Waals surface area contributed by atoms with E-state index < -0.39 is 11.8 Å². The number of carbonyl (C=O) groups excluding carboxylic acids is 2. The van der Waals surface area contributed by atoms with Gasteiger partial charge in [-0.05, 0) is 36.6 Å². The highest BCUT2D eigenvalue weighted by molar-refractivity contribution is 5.98. The van der Waals surface area contributed by atoms with Crippen LogP contribution in [0.2, 0.25) is 0 Å². The number of hydrogen-bond acceptors (Lipinski definition) is 4. The number of ether oxygens (including phenoxy) is 1. The van der Waals surface area contributed by atoms with E-state index >= 15 is 0 Å². The van der Waals surface area contributed by atoms with Gasteiger partial charge in [-0.25, -0.2) is 0 Å². The van der Waals surface area contributed by atoms with Crippen LogP contribution in [0.15, 0.2) is 54.9 Å². The number of para-hydroxylation sites is 1. The van der Waals surface area contributed by atoms with Crippen molar-refractivity contribution >= 4 is 17.5 Å². The summed E-state index contributed by atoms with van der Waals surface area (Å²) >= 11 is 0. The molecule has 3 heterocycles. The molecule has 28 heavy (non-hydrogen) atoms. The summed E-state index contributed by atoms with van der Waals surface area (Å²) in [7, 11) is 0. The normalized spacial score (nSPS) is 24.9. The molecule has 1 aromatic carbocycles. The van der Waals surface area contributed by atoms with Gasteiger partial charge in [-0.3, -0.25) is 14.6 Å². The summed E-state index contributed by atoms with van der Waals surface area (Å²) in [6.07, 6.45) is 6.42. The standard InChI is InChI=1S/C22H23N3O3/c1-13-5-3-6-14(2)20(13)25-22(27)19-17-9-8-16(28-17)18(19)21(26)24-12-15-7-4-10-23-11-15/h3-11,16-19H,12H2,1-2H3,(H,24,26)(H,25,27). The number of benzene rings is 1. The van der Waals surface area contributed by atoms with Gasteiger partial charge >= 0.3 is 0 Å². The summed E-state index contributed by atoms with van der Waals surface area (Å²) in [6.45, 7) is 4.28. The first kappa shape index (κ1) is 18.4. The van der Waals surface area contributed by atoms with Crippen molar-refractivity contribution in [3.63, 3.8) is 0 Å². The van der Waals surface area contributed by atoms with Crippen LogP contribution in [0.4, 0.5) is 5.69 Å². The van der Waals surface area contributed by atoms with Crippen LogP contribution in [-0.4, -0.2) is 29.0 Å². The zero-order valence-corrected chi connectivity index (χ0v) is 15.9. The Labute approximate surface area is 164 Å². The van der Waals surface area contributed by atoms with Crippen LogP contribution in [0.3, 0.4) is 0 Å². The molecule has 1 fully saturated rings. The van der Waals surface area contributed by atoms with Crippen molar-refractivity contribution in [2.45, 2.75) is 32.6 Å². The maximum absolute atomic E-state index is 13.1. The van der Waals surface area contributed by atoms with Crippen molar-refractivity contribution < 1.29 is 14.3 Å². The van der Waals surface area contributed by atoms with Crippen LogP contribution in [0.25, 0.3) is 0 Å². The molecular formula is C22H23N3O3. The SMILES string of the molecule is Cc1cccc(C)c1NC(=O)C1C2C=CC(O2)C1C(=O)NCc1cccnc1. The molecule has 144 valence electrons. The maximum atomic E-state index is 13.1. The number of nitrogens with one attached hydrogen (secondary N) is 2. The summed E-state index contributed by atoms with van der Waals surface area (Å²) in [5, 5.41) is 5.95. The average molecular weight is 377 g/mol. The molecule has 0 aliphatic carbocycles. The molecule has 2 aromatic rings. The van der Waals surface area contributed by atoms with Crippen LogP contribution < -0.4 is 10.6 Å². The van der Waals surface area contributed by atoms with Crippen LogP contribution in [0, 0.1) is 25.7 Å². The van der Waals surface area contributed by atoms with Crippen LogP contribution in [-0.2, 0) is 20.9 Å². The predicted octanol–water partition coefficient (Wildman–Crippen LogP) is 2.52. The van der Waals surface area contributed by atoms with Gasteiger partial charge in [-0.1, -0.05) is 36.4 Å². The molecule has 1 saturated heterocycles. The smallest absolute Gasteiger partial charge is 0.231 e. The van der Waals surface area contributed by atoms with E-state index in [9.17, 15) is 9.59 Å². The highest BCUT2D eigenvalue weighted by Crippen LogP contribution is 2.40. The minimum atomic E-state index is -0.553. The van der Waals surface area contributed by atoms with E-state index in [2.05, 4.69) is 15.6 Å². The number of pyridine rings is 1. The van der Waals surface area contributed by atoms with E-state index in [1.807, 2.05) is 56.3 Å². The quantitative estimate of drug-likeness (QED) is 0.785. The number of amides is 2. The molecule has 6 heteroatoms. The lowest BCUT2D eigenvalue weighted by Gasteiger charge is -2.24. The summed E-state index contributed by atoms with van der Waals surface area (Å²) in [4.78, 5) is 30.0. The van der Waals surface area contributed by atoms with Gasteiger partial charge in [0.25, 0.3) is 0 Å². The van der Waals surface area contributed by atoms with E-state index in [1.54, 1.807) is 12.4 Å². The monoisotopic (exact) mass is 377 g/mol. The van der Waals surface area contributed by atoms with Gasteiger partial charge in [0.1, 0.15) is 0 Å². The highest BCUT2D eigenvalue weighted by atomic mass is 16.5. The van der Waals surface area contributed by atoms with E-state index in [1.165, 1.54) is 0 Å². The third kappa shape index (κ3) is 3.43. The Kier molecular flexibility index (Phi) is 4.96. The van der Waals surface area contributed by atoms with Gasteiger partial charge in [0.05, 0.1) is 24.0 Å². The van der Waals surface area contributed by atoms with Gasteiger partial charge in [-0.15, -0.1) is 0 Å². The Morgan fingerprint density at radius 3 is 2.32 bits per heavy atom. The van der Waals surface area contributed by atoms with Crippen molar-refractivity contribution in [2.24, 2.45) is 11.8 Å². The molecular weight excluding hydrogens is 354 g/mol. The molecule has 2 aliphatic rings. The van der Waals surface area contributed by atoms with Gasteiger partial charge in [0.15, 0.2) is 0 Å². The van der Waals surface area contributed by atoms with Crippen molar-refractivity contribution in [3.05, 3.63) is 71.6 Å².